The number of carbonyl (C=O) groups is 2. The second-order valence-corrected chi connectivity index (χ2v) is 7.64. The molecule has 1 aliphatic heterocycles. The van der Waals surface area contributed by atoms with E-state index >= 15 is 0 Å². The fraction of sp³-hybridized carbons (Fsp3) is 0.333. The molecule has 0 spiro atoms. The Bertz CT molecular complexity index is 754. The van der Waals surface area contributed by atoms with E-state index in [2.05, 4.69) is 0 Å². The van der Waals surface area contributed by atoms with E-state index in [1.165, 1.54) is 18.0 Å². The van der Waals surface area contributed by atoms with Crippen molar-refractivity contribution in [1.29, 1.82) is 0 Å². The van der Waals surface area contributed by atoms with Crippen LogP contribution in [0.25, 0.3) is 0 Å². The first-order valence-corrected chi connectivity index (χ1v) is 10.1. The third kappa shape index (κ3) is 4.55. The highest BCUT2D eigenvalue weighted by Crippen LogP contribution is 2.28. The largest absolute Gasteiger partial charge is 0.459 e. The van der Waals surface area contributed by atoms with Crippen molar-refractivity contribution in [2.24, 2.45) is 0 Å². The molecule has 2 amide bonds. The Hall–Kier alpha value is -1.63. The predicted octanol–water partition coefficient (Wildman–Crippen LogP) is 3.80. The molecule has 0 radical (unpaired) electrons. The van der Waals surface area contributed by atoms with Gasteiger partial charge in [0.1, 0.15) is 0 Å². The molecule has 0 aliphatic carbocycles. The summed E-state index contributed by atoms with van der Waals surface area (Å²) in [5, 5.41) is 1.23. The van der Waals surface area contributed by atoms with Gasteiger partial charge in [0.2, 0.25) is 5.91 Å². The van der Waals surface area contributed by atoms with Gasteiger partial charge in [-0.05, 0) is 29.8 Å². The minimum atomic E-state index is -0.134. The lowest BCUT2D eigenvalue weighted by Crippen LogP contribution is -2.51. The lowest BCUT2D eigenvalue weighted by atomic mass is 10.2. The van der Waals surface area contributed by atoms with Gasteiger partial charge in [-0.3, -0.25) is 9.59 Å². The second-order valence-electron chi connectivity index (χ2n) is 5.84. The Morgan fingerprint density at radius 3 is 2.27 bits per heavy atom. The van der Waals surface area contributed by atoms with Crippen LogP contribution >= 0.6 is 35.0 Å². The maximum absolute atomic E-state index is 12.4. The summed E-state index contributed by atoms with van der Waals surface area (Å²) in [5.74, 6) is 1.19. The summed E-state index contributed by atoms with van der Waals surface area (Å²) in [6, 6.07) is 8.72. The van der Waals surface area contributed by atoms with Crippen LogP contribution in [0.2, 0.25) is 10.0 Å². The summed E-state index contributed by atoms with van der Waals surface area (Å²) in [5.41, 5.74) is 0.850. The fourth-order valence-electron chi connectivity index (χ4n) is 2.72. The van der Waals surface area contributed by atoms with Crippen molar-refractivity contribution in [3.8, 4) is 0 Å². The van der Waals surface area contributed by atoms with Crippen molar-refractivity contribution in [1.82, 2.24) is 9.80 Å². The molecule has 1 fully saturated rings. The molecule has 0 bridgehead atoms. The van der Waals surface area contributed by atoms with Crippen LogP contribution in [0.3, 0.4) is 0 Å². The van der Waals surface area contributed by atoms with Gasteiger partial charge in [0.05, 0.1) is 12.0 Å². The summed E-state index contributed by atoms with van der Waals surface area (Å²) in [7, 11) is 0. The monoisotopic (exact) mass is 412 g/mol. The molecule has 8 heteroatoms. The average molecular weight is 413 g/mol. The zero-order valence-corrected chi connectivity index (χ0v) is 16.3. The van der Waals surface area contributed by atoms with E-state index in [0.29, 0.717) is 53.5 Å². The van der Waals surface area contributed by atoms with Crippen LogP contribution < -0.4 is 0 Å². The van der Waals surface area contributed by atoms with E-state index in [1.807, 2.05) is 0 Å². The van der Waals surface area contributed by atoms with Gasteiger partial charge in [-0.2, -0.15) is 0 Å². The number of hydrogen-bond acceptors (Lipinski definition) is 4. The van der Waals surface area contributed by atoms with E-state index < -0.39 is 0 Å². The zero-order chi connectivity index (χ0) is 18.5. The Kier molecular flexibility index (Phi) is 6.51. The molecule has 1 saturated heterocycles. The van der Waals surface area contributed by atoms with Gasteiger partial charge < -0.3 is 14.2 Å². The van der Waals surface area contributed by atoms with Gasteiger partial charge in [0, 0.05) is 42.0 Å². The zero-order valence-electron chi connectivity index (χ0n) is 14.0. The number of furan rings is 1. The fourth-order valence-corrected chi connectivity index (χ4v) is 4.38. The van der Waals surface area contributed by atoms with E-state index in [-0.39, 0.29) is 11.8 Å². The molecule has 0 saturated carbocycles. The number of hydrogen-bond donors (Lipinski definition) is 0. The molecule has 0 atom stereocenters. The first-order chi connectivity index (χ1) is 12.6. The minimum absolute atomic E-state index is 0.0586. The first kappa shape index (κ1) is 19.1. The minimum Gasteiger partial charge on any atom is -0.459 e. The molecule has 2 heterocycles. The average Bonchev–Trinajstić information content (AvgIpc) is 3.18. The van der Waals surface area contributed by atoms with Crippen LogP contribution in [0.1, 0.15) is 16.1 Å². The molecule has 5 nitrogen and oxygen atoms in total. The van der Waals surface area contributed by atoms with Crippen LogP contribution in [0, 0.1) is 0 Å². The lowest BCUT2D eigenvalue weighted by molar-refractivity contribution is -0.129. The molecular weight excluding hydrogens is 395 g/mol. The SMILES string of the molecule is O=C(CSCc1c(Cl)cccc1Cl)N1CCN(C(=O)c2ccco2)CC1. The number of benzene rings is 1. The maximum atomic E-state index is 12.4. The van der Waals surface area contributed by atoms with Crippen LogP contribution in [0.5, 0.6) is 0 Å². The number of thioether (sulfide) groups is 1. The van der Waals surface area contributed by atoms with Gasteiger partial charge in [-0.25, -0.2) is 0 Å². The van der Waals surface area contributed by atoms with E-state index in [0.717, 1.165) is 5.56 Å². The Morgan fingerprint density at radius 1 is 1.00 bits per heavy atom. The molecule has 0 unspecified atom stereocenters. The highest BCUT2D eigenvalue weighted by molar-refractivity contribution is 7.99. The molecule has 3 rings (SSSR count). The molecule has 1 aliphatic rings. The number of halogens is 2. The molecule has 1 aromatic carbocycles. The first-order valence-electron chi connectivity index (χ1n) is 8.17. The number of carbonyl (C=O) groups excluding carboxylic acids is 2. The predicted molar refractivity (Wildman–Crippen MR) is 104 cm³/mol. The standard InChI is InChI=1S/C18H18Cl2N2O3S/c19-14-3-1-4-15(20)13(14)11-26-12-17(23)21-6-8-22(9-7-21)18(24)16-5-2-10-25-16/h1-5,10H,6-9,11-12H2. The van der Waals surface area contributed by atoms with Crippen LogP contribution in [-0.4, -0.2) is 53.5 Å². The van der Waals surface area contributed by atoms with Crippen molar-refractivity contribution in [2.75, 3.05) is 31.9 Å². The van der Waals surface area contributed by atoms with Gasteiger partial charge in [-0.15, -0.1) is 11.8 Å². The smallest absolute Gasteiger partial charge is 0.289 e. The van der Waals surface area contributed by atoms with Gasteiger partial charge in [0.15, 0.2) is 5.76 Å². The molecule has 1 aromatic heterocycles. The van der Waals surface area contributed by atoms with Crippen molar-refractivity contribution in [3.05, 3.63) is 58.0 Å². The number of nitrogens with zero attached hydrogens (tertiary/aromatic N) is 2. The van der Waals surface area contributed by atoms with E-state index in [9.17, 15) is 9.59 Å². The highest BCUT2D eigenvalue weighted by Gasteiger charge is 2.25. The lowest BCUT2D eigenvalue weighted by Gasteiger charge is -2.34. The molecule has 0 N–H and O–H groups in total. The third-order valence-corrected chi connectivity index (χ3v) is 5.84. The third-order valence-electron chi connectivity index (χ3n) is 4.19. The second kappa shape index (κ2) is 8.84. The van der Waals surface area contributed by atoms with Crippen molar-refractivity contribution in [3.63, 3.8) is 0 Å². The normalized spacial score (nSPS) is 14.5. The van der Waals surface area contributed by atoms with Crippen molar-refractivity contribution < 1.29 is 14.0 Å². The van der Waals surface area contributed by atoms with Gasteiger partial charge >= 0.3 is 0 Å². The molecular formula is C18H18Cl2N2O3S. The Labute approximate surface area is 166 Å². The topological polar surface area (TPSA) is 53.8 Å². The number of rotatable bonds is 5. The van der Waals surface area contributed by atoms with Crippen LogP contribution in [-0.2, 0) is 10.5 Å². The summed E-state index contributed by atoms with van der Waals surface area (Å²) >= 11 is 13.8. The van der Waals surface area contributed by atoms with Crippen LogP contribution in [0.15, 0.2) is 41.0 Å². The molecule has 2 aromatic rings. The number of piperazine rings is 1. The summed E-state index contributed by atoms with van der Waals surface area (Å²) in [4.78, 5) is 28.1. The highest BCUT2D eigenvalue weighted by atomic mass is 35.5. The van der Waals surface area contributed by atoms with E-state index in [1.54, 1.807) is 40.1 Å². The summed E-state index contributed by atoms with van der Waals surface area (Å²) in [6.07, 6.45) is 1.48. The molecule has 138 valence electrons. The maximum Gasteiger partial charge on any atom is 0.289 e. The van der Waals surface area contributed by atoms with Gasteiger partial charge in [-0.1, -0.05) is 29.3 Å². The van der Waals surface area contributed by atoms with E-state index in [4.69, 9.17) is 27.6 Å². The van der Waals surface area contributed by atoms with Crippen molar-refractivity contribution in [2.45, 2.75) is 5.75 Å². The Morgan fingerprint density at radius 2 is 1.65 bits per heavy atom. The van der Waals surface area contributed by atoms with Crippen molar-refractivity contribution >= 4 is 46.8 Å². The Balaban J connectivity index is 1.44. The van der Waals surface area contributed by atoms with Crippen LogP contribution in [0.4, 0.5) is 0 Å². The van der Waals surface area contributed by atoms with Gasteiger partial charge in [0.25, 0.3) is 5.91 Å². The summed E-state index contributed by atoms with van der Waals surface area (Å²) < 4.78 is 5.14. The molecule has 26 heavy (non-hydrogen) atoms. The quantitative estimate of drug-likeness (QED) is 0.748. The number of amides is 2. The summed E-state index contributed by atoms with van der Waals surface area (Å²) in [6.45, 7) is 2.07.